The van der Waals surface area contributed by atoms with Crippen LogP contribution in [0, 0.1) is 25.2 Å². The molecule has 1 amide bonds. The van der Waals surface area contributed by atoms with E-state index in [0.717, 1.165) is 42.6 Å². The number of rotatable bonds is 3. The molecule has 0 aromatic carbocycles. The molecule has 0 bridgehead atoms. The van der Waals surface area contributed by atoms with Crippen LogP contribution in [0.3, 0.4) is 0 Å². The van der Waals surface area contributed by atoms with Gasteiger partial charge in [0.15, 0.2) is 0 Å². The summed E-state index contributed by atoms with van der Waals surface area (Å²) in [5, 5.41) is 16.7. The molecule has 1 aliphatic rings. The summed E-state index contributed by atoms with van der Waals surface area (Å²) in [6.07, 6.45) is 3.53. The Labute approximate surface area is 120 Å². The molecule has 0 spiro atoms. The van der Waals surface area contributed by atoms with E-state index in [1.165, 1.54) is 0 Å². The molecule has 2 rings (SSSR count). The molecule has 0 saturated heterocycles. The largest absolute Gasteiger partial charge is 0.337 e. The predicted molar refractivity (Wildman–Crippen MR) is 76.1 cm³/mol. The molecule has 0 aliphatic heterocycles. The molecule has 108 valence electrons. The second-order valence-electron chi connectivity index (χ2n) is 5.82. The molecule has 5 heteroatoms. The first-order valence-electron chi connectivity index (χ1n) is 7.13. The van der Waals surface area contributed by atoms with Crippen molar-refractivity contribution in [3.8, 4) is 6.07 Å². The van der Waals surface area contributed by atoms with E-state index in [9.17, 15) is 10.1 Å². The summed E-state index contributed by atoms with van der Waals surface area (Å²) < 4.78 is 1.80. The highest BCUT2D eigenvalue weighted by atomic mass is 16.2. The van der Waals surface area contributed by atoms with Crippen molar-refractivity contribution >= 4 is 5.91 Å². The number of aromatic nitrogens is 2. The van der Waals surface area contributed by atoms with Gasteiger partial charge in [0.25, 0.3) is 0 Å². The van der Waals surface area contributed by atoms with Crippen molar-refractivity contribution in [3.05, 3.63) is 17.0 Å². The van der Waals surface area contributed by atoms with E-state index in [1.54, 1.807) is 4.68 Å². The minimum atomic E-state index is -0.657. The van der Waals surface area contributed by atoms with Crippen molar-refractivity contribution in [2.75, 3.05) is 0 Å². The van der Waals surface area contributed by atoms with E-state index in [2.05, 4.69) is 16.5 Å². The molecule has 0 radical (unpaired) electrons. The van der Waals surface area contributed by atoms with Gasteiger partial charge in [0.1, 0.15) is 5.54 Å². The van der Waals surface area contributed by atoms with E-state index < -0.39 is 5.54 Å². The van der Waals surface area contributed by atoms with E-state index in [0.29, 0.717) is 0 Å². The van der Waals surface area contributed by atoms with Gasteiger partial charge in [-0.2, -0.15) is 10.4 Å². The fourth-order valence-corrected chi connectivity index (χ4v) is 3.14. The normalized spacial score (nSPS) is 18.6. The number of nitrogens with zero attached hydrogens (tertiary/aromatic N) is 3. The number of hydrogen-bond donors (Lipinski definition) is 1. The number of amides is 1. The number of carbonyl (C=O) groups is 1. The van der Waals surface area contributed by atoms with Crippen LogP contribution in [-0.4, -0.2) is 21.2 Å². The number of aryl methyl sites for hydroxylation is 2. The molecule has 0 unspecified atom stereocenters. The molecule has 1 N–H and O–H groups in total. The van der Waals surface area contributed by atoms with E-state index in [-0.39, 0.29) is 11.8 Å². The zero-order valence-electron chi connectivity index (χ0n) is 12.7. The summed E-state index contributed by atoms with van der Waals surface area (Å²) in [6, 6.07) is 2.30. The summed E-state index contributed by atoms with van der Waals surface area (Å²) in [7, 11) is 1.88. The fraction of sp³-hybridized carbons (Fsp3) is 0.667. The molecular weight excluding hydrogens is 252 g/mol. The van der Waals surface area contributed by atoms with Gasteiger partial charge in [0, 0.05) is 18.3 Å². The van der Waals surface area contributed by atoms with E-state index in [4.69, 9.17) is 0 Å². The molecule has 1 aromatic heterocycles. The van der Waals surface area contributed by atoms with Crippen LogP contribution in [0.15, 0.2) is 0 Å². The zero-order chi connectivity index (χ0) is 14.9. The highest BCUT2D eigenvalue weighted by molar-refractivity contribution is 5.84. The minimum Gasteiger partial charge on any atom is -0.337 e. The lowest BCUT2D eigenvalue weighted by molar-refractivity contribution is -0.123. The van der Waals surface area contributed by atoms with Crippen molar-refractivity contribution in [3.63, 3.8) is 0 Å². The lowest BCUT2D eigenvalue weighted by Gasteiger charge is -2.24. The van der Waals surface area contributed by atoms with Crippen molar-refractivity contribution in [2.45, 2.75) is 57.9 Å². The Morgan fingerprint density at radius 2 is 2.05 bits per heavy atom. The standard InChI is InChI=1S/C15H22N4O/c1-10(13-11(2)18-19(4)12(13)3)14(20)17-15(9-16)7-5-6-8-15/h10H,5-8H2,1-4H3,(H,17,20)/t10-/m1/s1. The first-order valence-corrected chi connectivity index (χ1v) is 7.13. The van der Waals surface area contributed by atoms with Gasteiger partial charge in [-0.05, 0) is 46.5 Å². The average Bonchev–Trinajstić information content (AvgIpc) is 2.96. The second-order valence-corrected chi connectivity index (χ2v) is 5.82. The molecule has 5 nitrogen and oxygen atoms in total. The van der Waals surface area contributed by atoms with Crippen LogP contribution in [0.5, 0.6) is 0 Å². The number of nitrogens with one attached hydrogen (secondary N) is 1. The van der Waals surface area contributed by atoms with Crippen LogP contribution in [0.4, 0.5) is 0 Å². The van der Waals surface area contributed by atoms with Gasteiger partial charge in [0.2, 0.25) is 5.91 Å². The monoisotopic (exact) mass is 274 g/mol. The van der Waals surface area contributed by atoms with Crippen molar-refractivity contribution in [2.24, 2.45) is 7.05 Å². The molecule has 1 saturated carbocycles. The summed E-state index contributed by atoms with van der Waals surface area (Å²) in [5.74, 6) is -0.359. The van der Waals surface area contributed by atoms with E-state index in [1.807, 2.05) is 27.8 Å². The lowest BCUT2D eigenvalue weighted by Crippen LogP contribution is -2.46. The van der Waals surface area contributed by atoms with Gasteiger partial charge >= 0.3 is 0 Å². The second kappa shape index (κ2) is 5.28. The Morgan fingerprint density at radius 3 is 2.50 bits per heavy atom. The molecule has 1 aliphatic carbocycles. The summed E-state index contributed by atoms with van der Waals surface area (Å²) in [6.45, 7) is 5.77. The molecule has 1 atom stereocenters. The summed E-state index contributed by atoms with van der Waals surface area (Å²) >= 11 is 0. The Morgan fingerprint density at radius 1 is 1.45 bits per heavy atom. The Balaban J connectivity index is 2.19. The topological polar surface area (TPSA) is 70.7 Å². The quantitative estimate of drug-likeness (QED) is 0.917. The van der Waals surface area contributed by atoms with Crippen LogP contribution in [0.2, 0.25) is 0 Å². The first-order chi connectivity index (χ1) is 9.40. The zero-order valence-corrected chi connectivity index (χ0v) is 12.7. The van der Waals surface area contributed by atoms with Gasteiger partial charge in [-0.15, -0.1) is 0 Å². The molecular formula is C15H22N4O. The van der Waals surface area contributed by atoms with Crippen molar-refractivity contribution < 1.29 is 4.79 Å². The third-order valence-corrected chi connectivity index (χ3v) is 4.42. The maximum Gasteiger partial charge on any atom is 0.228 e. The third-order valence-electron chi connectivity index (χ3n) is 4.42. The highest BCUT2D eigenvalue weighted by Gasteiger charge is 2.37. The van der Waals surface area contributed by atoms with Crippen molar-refractivity contribution in [1.82, 2.24) is 15.1 Å². The van der Waals surface area contributed by atoms with Gasteiger partial charge in [0.05, 0.1) is 17.7 Å². The molecule has 1 fully saturated rings. The summed E-state index contributed by atoms with van der Waals surface area (Å²) in [5.41, 5.74) is 2.19. The van der Waals surface area contributed by atoms with Gasteiger partial charge in [-0.3, -0.25) is 9.48 Å². The maximum absolute atomic E-state index is 12.5. The van der Waals surface area contributed by atoms with Gasteiger partial charge < -0.3 is 5.32 Å². The van der Waals surface area contributed by atoms with Crippen molar-refractivity contribution in [1.29, 1.82) is 5.26 Å². The minimum absolute atomic E-state index is 0.0762. The van der Waals surface area contributed by atoms with Crippen LogP contribution in [-0.2, 0) is 11.8 Å². The van der Waals surface area contributed by atoms with Gasteiger partial charge in [-0.1, -0.05) is 0 Å². The molecule has 20 heavy (non-hydrogen) atoms. The Bertz CT molecular complexity index is 561. The highest BCUT2D eigenvalue weighted by Crippen LogP contribution is 2.30. The molecule has 1 aromatic rings. The van der Waals surface area contributed by atoms with Crippen LogP contribution in [0.25, 0.3) is 0 Å². The number of hydrogen-bond acceptors (Lipinski definition) is 3. The van der Waals surface area contributed by atoms with Gasteiger partial charge in [-0.25, -0.2) is 0 Å². The maximum atomic E-state index is 12.5. The SMILES string of the molecule is Cc1nn(C)c(C)c1[C@@H](C)C(=O)NC1(C#N)CCCC1. The smallest absolute Gasteiger partial charge is 0.228 e. The van der Waals surface area contributed by atoms with Crippen LogP contribution in [0.1, 0.15) is 55.5 Å². The number of carbonyl (C=O) groups excluding carboxylic acids is 1. The third kappa shape index (κ3) is 2.43. The predicted octanol–water partition coefficient (Wildman–Crippen LogP) is 2.09. The lowest BCUT2D eigenvalue weighted by atomic mass is 9.94. The number of nitriles is 1. The first kappa shape index (κ1) is 14.6. The van der Waals surface area contributed by atoms with Crippen LogP contribution < -0.4 is 5.32 Å². The molecule has 1 heterocycles. The Kier molecular flexibility index (Phi) is 3.85. The Hall–Kier alpha value is -1.83. The van der Waals surface area contributed by atoms with Crippen LogP contribution >= 0.6 is 0 Å². The summed E-state index contributed by atoms with van der Waals surface area (Å²) in [4.78, 5) is 12.5. The average molecular weight is 274 g/mol. The van der Waals surface area contributed by atoms with E-state index >= 15 is 0 Å². The fourth-order valence-electron chi connectivity index (χ4n) is 3.14.